The van der Waals surface area contributed by atoms with Gasteiger partial charge in [-0.25, -0.2) is 0 Å². The van der Waals surface area contributed by atoms with Gasteiger partial charge in [0.2, 0.25) is 0 Å². The molecule has 2 aliphatic rings. The van der Waals surface area contributed by atoms with E-state index in [1.165, 1.54) is 83.4 Å². The molecule has 0 bridgehead atoms. The van der Waals surface area contributed by atoms with E-state index in [0.29, 0.717) is 0 Å². The number of para-hydroxylation sites is 2. The van der Waals surface area contributed by atoms with Gasteiger partial charge in [-0.15, -0.1) is 0 Å². The number of aryl methyl sites for hydroxylation is 2. The van der Waals surface area contributed by atoms with Crippen LogP contribution in [0.2, 0.25) is 0 Å². The summed E-state index contributed by atoms with van der Waals surface area (Å²) in [6.45, 7) is 4.60. The van der Waals surface area contributed by atoms with Gasteiger partial charge in [-0.05, 0) is 108 Å². The topological polar surface area (TPSA) is 33.9 Å². The van der Waals surface area contributed by atoms with E-state index in [4.69, 9.17) is 0 Å². The lowest BCUT2D eigenvalue weighted by molar-refractivity contribution is 0.320. The van der Waals surface area contributed by atoms with Crippen molar-refractivity contribution < 1.29 is 0 Å². The number of fused-ring (bicyclic) bond motifs is 7. The maximum absolute atomic E-state index is 4.12. The quantitative estimate of drug-likeness (QED) is 0.137. The fourth-order valence-electron chi connectivity index (χ4n) is 9.37. The molecule has 0 spiro atoms. The number of allylic oxidation sites excluding steroid dienone is 4. The maximum atomic E-state index is 4.12. The second-order valence-corrected chi connectivity index (χ2v) is 15.6. The Kier molecular flexibility index (Phi) is 9.30. The summed E-state index contributed by atoms with van der Waals surface area (Å²) in [5.74, 6) is 0. The molecule has 3 unspecified atom stereocenters. The predicted octanol–water partition coefficient (Wildman–Crippen LogP) is 12.9. The molecule has 0 fully saturated rings. The van der Waals surface area contributed by atoms with E-state index in [9.17, 15) is 0 Å². The first-order valence-corrected chi connectivity index (χ1v) is 20.6. The number of benzene rings is 6. The van der Waals surface area contributed by atoms with E-state index in [1.807, 2.05) is 0 Å². The Bertz CT molecular complexity index is 2770. The highest BCUT2D eigenvalue weighted by atomic mass is 15.3. The largest absolute Gasteiger partial charge is 0.323 e. The van der Waals surface area contributed by atoms with Crippen molar-refractivity contribution in [3.63, 3.8) is 0 Å². The molecule has 0 saturated carbocycles. The van der Waals surface area contributed by atoms with Crippen molar-refractivity contribution in [2.75, 3.05) is 0 Å². The van der Waals surface area contributed by atoms with Crippen LogP contribution in [-0.2, 0) is 12.8 Å². The van der Waals surface area contributed by atoms with Gasteiger partial charge in [0.25, 0.3) is 0 Å². The van der Waals surface area contributed by atoms with Crippen LogP contribution in [0.25, 0.3) is 55.6 Å². The summed E-state index contributed by atoms with van der Waals surface area (Å²) in [6.07, 6.45) is 11.0. The van der Waals surface area contributed by atoms with Crippen molar-refractivity contribution in [2.45, 2.75) is 57.9 Å². The van der Waals surface area contributed by atoms with Crippen LogP contribution in [0.3, 0.4) is 0 Å². The molecular formula is C53H48N4. The predicted molar refractivity (Wildman–Crippen MR) is 238 cm³/mol. The summed E-state index contributed by atoms with van der Waals surface area (Å²) in [4.78, 5) is 0. The lowest BCUT2D eigenvalue weighted by atomic mass is 9.92. The summed E-state index contributed by atoms with van der Waals surface area (Å²) < 4.78 is 5.12. The van der Waals surface area contributed by atoms with Gasteiger partial charge in [0.15, 0.2) is 0 Å². The average molecular weight is 741 g/mol. The smallest absolute Gasteiger partial charge is 0.0855 e. The zero-order valence-electron chi connectivity index (χ0n) is 32.7. The van der Waals surface area contributed by atoms with Crippen LogP contribution >= 0.6 is 0 Å². The fraction of sp³-hybridized carbons (Fsp3) is 0.170. The molecule has 2 heterocycles. The molecule has 0 aliphatic heterocycles. The Balaban J connectivity index is 1.07. The Morgan fingerprint density at radius 3 is 1.91 bits per heavy atom. The van der Waals surface area contributed by atoms with Gasteiger partial charge in [-0.1, -0.05) is 152 Å². The molecule has 2 aliphatic carbocycles. The number of nitrogens with zero attached hydrogens (tertiary/aromatic N) is 2. The van der Waals surface area contributed by atoms with Gasteiger partial charge in [-0.3, -0.25) is 10.6 Å². The Labute approximate surface area is 335 Å². The maximum Gasteiger partial charge on any atom is 0.0855 e. The Morgan fingerprint density at radius 2 is 1.18 bits per heavy atom. The molecule has 4 nitrogen and oxygen atoms in total. The molecule has 10 rings (SSSR count). The summed E-state index contributed by atoms with van der Waals surface area (Å²) in [5, 5.41) is 10.8. The highest BCUT2D eigenvalue weighted by Crippen LogP contribution is 2.47. The molecule has 280 valence electrons. The average Bonchev–Trinajstić information content (AvgIpc) is 3.80. The number of aromatic nitrogens is 2. The van der Waals surface area contributed by atoms with E-state index < -0.39 is 0 Å². The fourth-order valence-corrected chi connectivity index (χ4v) is 9.37. The van der Waals surface area contributed by atoms with Crippen molar-refractivity contribution in [1.82, 2.24) is 19.8 Å². The Morgan fingerprint density at radius 1 is 0.526 bits per heavy atom. The first-order valence-electron chi connectivity index (χ1n) is 20.6. The van der Waals surface area contributed by atoms with Crippen LogP contribution in [0, 0.1) is 0 Å². The number of hydrogen-bond acceptors (Lipinski definition) is 2. The minimum absolute atomic E-state index is 0.0518. The summed E-state index contributed by atoms with van der Waals surface area (Å²) >= 11 is 0. The summed E-state index contributed by atoms with van der Waals surface area (Å²) in [7, 11) is 0. The molecule has 0 saturated heterocycles. The van der Waals surface area contributed by atoms with Gasteiger partial charge in [0.1, 0.15) is 0 Å². The van der Waals surface area contributed by atoms with Crippen molar-refractivity contribution in [1.29, 1.82) is 0 Å². The SMILES string of the molecule is CC(NC(NC(C)n1c2c(c3ccccc31)CCc1c-2n(-c2cccc(-c3ccccc3)c2)c2ccccc12)c1ccccc1)c1ccc(C2=CCCC=C2)cc1. The van der Waals surface area contributed by atoms with Crippen LogP contribution in [0.4, 0.5) is 0 Å². The van der Waals surface area contributed by atoms with Crippen molar-refractivity contribution in [3.8, 4) is 28.2 Å². The van der Waals surface area contributed by atoms with Gasteiger partial charge in [0, 0.05) is 22.5 Å². The van der Waals surface area contributed by atoms with E-state index in [-0.39, 0.29) is 18.4 Å². The first kappa shape index (κ1) is 35.2. The zero-order chi connectivity index (χ0) is 38.3. The first-order chi connectivity index (χ1) is 28.1. The number of hydrogen-bond donors (Lipinski definition) is 2. The van der Waals surface area contributed by atoms with E-state index in [2.05, 4.69) is 210 Å². The molecule has 0 amide bonds. The molecule has 3 atom stereocenters. The minimum atomic E-state index is -0.104. The van der Waals surface area contributed by atoms with Crippen LogP contribution in [0.1, 0.15) is 72.9 Å². The third kappa shape index (κ3) is 6.45. The second-order valence-electron chi connectivity index (χ2n) is 15.6. The molecule has 57 heavy (non-hydrogen) atoms. The lowest BCUT2D eigenvalue weighted by Crippen LogP contribution is -2.39. The number of nitrogens with one attached hydrogen (secondary N) is 2. The van der Waals surface area contributed by atoms with Gasteiger partial charge in [0.05, 0.1) is 34.8 Å². The Hall–Kier alpha value is -6.20. The zero-order valence-corrected chi connectivity index (χ0v) is 32.7. The van der Waals surface area contributed by atoms with Gasteiger partial charge >= 0.3 is 0 Å². The van der Waals surface area contributed by atoms with Crippen LogP contribution in [-0.4, -0.2) is 9.13 Å². The van der Waals surface area contributed by atoms with Crippen LogP contribution < -0.4 is 10.6 Å². The van der Waals surface area contributed by atoms with Gasteiger partial charge < -0.3 is 9.13 Å². The van der Waals surface area contributed by atoms with E-state index in [1.54, 1.807) is 0 Å². The standard InChI is InChI=1S/C53H48N4/c1-36(38-29-31-41(32-30-38)39-17-6-3-7-18-39)54-53(42-21-10-5-11-22-42)55-37(2)56-49-27-14-12-25-45(49)47-33-34-48-46-26-13-15-28-50(46)57(52(48)51(47)56)44-24-16-23-43(35-44)40-19-8-4-9-20-40/h4-6,8-32,35-37,53-55H,3,7,33-34H2,1-2H3. The lowest BCUT2D eigenvalue weighted by Gasteiger charge is -2.31. The van der Waals surface area contributed by atoms with E-state index in [0.717, 1.165) is 25.7 Å². The minimum Gasteiger partial charge on any atom is -0.323 e. The van der Waals surface area contributed by atoms with E-state index >= 15 is 0 Å². The molecule has 2 aromatic heterocycles. The highest BCUT2D eigenvalue weighted by Gasteiger charge is 2.32. The summed E-state index contributed by atoms with van der Waals surface area (Å²) in [6, 6.07) is 57.9. The summed E-state index contributed by atoms with van der Waals surface area (Å²) in [5.41, 5.74) is 16.7. The molecular weight excluding hydrogens is 693 g/mol. The molecule has 8 aromatic rings. The molecule has 2 N–H and O–H groups in total. The number of rotatable bonds is 10. The molecule has 6 aromatic carbocycles. The van der Waals surface area contributed by atoms with Crippen LogP contribution in [0.15, 0.2) is 176 Å². The van der Waals surface area contributed by atoms with Crippen molar-refractivity contribution in [2.24, 2.45) is 0 Å². The van der Waals surface area contributed by atoms with Crippen molar-refractivity contribution in [3.05, 3.63) is 204 Å². The third-order valence-corrected chi connectivity index (χ3v) is 12.1. The highest BCUT2D eigenvalue weighted by molar-refractivity contribution is 6.00. The normalized spacial score (nSPS) is 15.2. The van der Waals surface area contributed by atoms with Crippen molar-refractivity contribution >= 4 is 27.4 Å². The molecule has 4 heteroatoms. The monoisotopic (exact) mass is 740 g/mol. The molecule has 0 radical (unpaired) electrons. The van der Waals surface area contributed by atoms with Gasteiger partial charge in [-0.2, -0.15) is 0 Å². The van der Waals surface area contributed by atoms with Crippen LogP contribution in [0.5, 0.6) is 0 Å². The second kappa shape index (κ2) is 15.0. The third-order valence-electron chi connectivity index (χ3n) is 12.1.